The molecule has 1 aliphatic rings. The Labute approximate surface area is 83.7 Å². The standard InChI is InChI=1S/C10H15N3O/c1-11-10-9(12-4-5-13-10)8-2-6-14-7-3-8/h4-5,8H,2-3,6-7H2,1H3,(H,11,13). The summed E-state index contributed by atoms with van der Waals surface area (Å²) in [6, 6.07) is 0. The Bertz CT molecular complexity index is 297. The van der Waals surface area contributed by atoms with Gasteiger partial charge >= 0.3 is 0 Å². The first-order valence-electron chi connectivity index (χ1n) is 4.98. The Morgan fingerprint density at radius 3 is 2.71 bits per heavy atom. The summed E-state index contributed by atoms with van der Waals surface area (Å²) in [6.45, 7) is 1.68. The van der Waals surface area contributed by atoms with Crippen LogP contribution in [0.4, 0.5) is 5.82 Å². The van der Waals surface area contributed by atoms with Crippen molar-refractivity contribution in [3.05, 3.63) is 18.1 Å². The average molecular weight is 193 g/mol. The number of hydrogen-bond donors (Lipinski definition) is 1. The number of anilines is 1. The lowest BCUT2D eigenvalue weighted by Gasteiger charge is -2.22. The minimum absolute atomic E-state index is 0.500. The molecule has 1 saturated heterocycles. The van der Waals surface area contributed by atoms with Crippen molar-refractivity contribution >= 4 is 5.82 Å². The molecule has 0 spiro atoms. The van der Waals surface area contributed by atoms with E-state index in [2.05, 4.69) is 15.3 Å². The molecular weight excluding hydrogens is 178 g/mol. The molecule has 4 nitrogen and oxygen atoms in total. The summed E-state index contributed by atoms with van der Waals surface area (Å²) in [7, 11) is 1.88. The molecule has 1 aliphatic heterocycles. The third-order valence-electron chi connectivity index (χ3n) is 2.57. The van der Waals surface area contributed by atoms with E-state index in [0.29, 0.717) is 5.92 Å². The van der Waals surface area contributed by atoms with Crippen LogP contribution in [0.1, 0.15) is 24.5 Å². The molecule has 1 N–H and O–H groups in total. The van der Waals surface area contributed by atoms with Gasteiger partial charge in [-0.25, -0.2) is 4.98 Å². The lowest BCUT2D eigenvalue weighted by Crippen LogP contribution is -2.16. The van der Waals surface area contributed by atoms with Crippen molar-refractivity contribution in [2.24, 2.45) is 0 Å². The molecule has 1 aromatic rings. The number of nitrogens with zero attached hydrogens (tertiary/aromatic N) is 2. The molecule has 76 valence electrons. The molecule has 0 radical (unpaired) electrons. The molecule has 0 atom stereocenters. The monoisotopic (exact) mass is 193 g/mol. The quantitative estimate of drug-likeness (QED) is 0.771. The van der Waals surface area contributed by atoms with Crippen molar-refractivity contribution in [2.45, 2.75) is 18.8 Å². The summed E-state index contributed by atoms with van der Waals surface area (Å²) in [4.78, 5) is 8.65. The van der Waals surface area contributed by atoms with E-state index in [4.69, 9.17) is 4.74 Å². The van der Waals surface area contributed by atoms with Gasteiger partial charge in [-0.2, -0.15) is 0 Å². The van der Waals surface area contributed by atoms with E-state index in [0.717, 1.165) is 37.6 Å². The zero-order chi connectivity index (χ0) is 9.80. The fraction of sp³-hybridized carbons (Fsp3) is 0.600. The predicted molar refractivity (Wildman–Crippen MR) is 54.4 cm³/mol. The van der Waals surface area contributed by atoms with Crippen molar-refractivity contribution in [2.75, 3.05) is 25.6 Å². The van der Waals surface area contributed by atoms with Gasteiger partial charge in [0, 0.05) is 38.6 Å². The molecule has 0 aliphatic carbocycles. The van der Waals surface area contributed by atoms with Crippen LogP contribution in [-0.4, -0.2) is 30.2 Å². The Morgan fingerprint density at radius 1 is 1.29 bits per heavy atom. The van der Waals surface area contributed by atoms with Gasteiger partial charge in [0.15, 0.2) is 0 Å². The van der Waals surface area contributed by atoms with Crippen LogP contribution in [-0.2, 0) is 4.74 Å². The van der Waals surface area contributed by atoms with Crippen molar-refractivity contribution < 1.29 is 4.74 Å². The van der Waals surface area contributed by atoms with Crippen molar-refractivity contribution in [3.8, 4) is 0 Å². The highest BCUT2D eigenvalue weighted by atomic mass is 16.5. The summed E-state index contributed by atoms with van der Waals surface area (Å²) in [6.07, 6.45) is 5.57. The van der Waals surface area contributed by atoms with Crippen LogP contribution in [0.3, 0.4) is 0 Å². The van der Waals surface area contributed by atoms with Crippen LogP contribution in [0.2, 0.25) is 0 Å². The van der Waals surface area contributed by atoms with Crippen LogP contribution in [0.25, 0.3) is 0 Å². The van der Waals surface area contributed by atoms with Gasteiger partial charge in [0.25, 0.3) is 0 Å². The Hall–Kier alpha value is -1.16. The fourth-order valence-corrected chi connectivity index (χ4v) is 1.81. The Kier molecular flexibility index (Phi) is 2.93. The van der Waals surface area contributed by atoms with E-state index in [9.17, 15) is 0 Å². The van der Waals surface area contributed by atoms with E-state index >= 15 is 0 Å². The second kappa shape index (κ2) is 4.37. The van der Waals surface area contributed by atoms with Gasteiger partial charge in [-0.3, -0.25) is 4.98 Å². The minimum Gasteiger partial charge on any atom is -0.381 e. The molecular formula is C10H15N3O. The zero-order valence-corrected chi connectivity index (χ0v) is 8.36. The maximum atomic E-state index is 5.33. The topological polar surface area (TPSA) is 47.0 Å². The molecule has 0 amide bonds. The first-order valence-corrected chi connectivity index (χ1v) is 4.98. The molecule has 0 saturated carbocycles. The maximum absolute atomic E-state index is 5.33. The first kappa shape index (κ1) is 9.40. The van der Waals surface area contributed by atoms with Gasteiger partial charge in [-0.05, 0) is 12.8 Å². The zero-order valence-electron chi connectivity index (χ0n) is 8.36. The van der Waals surface area contributed by atoms with Gasteiger partial charge in [0.05, 0.1) is 5.69 Å². The van der Waals surface area contributed by atoms with Crippen LogP contribution < -0.4 is 5.32 Å². The Morgan fingerprint density at radius 2 is 2.00 bits per heavy atom. The largest absolute Gasteiger partial charge is 0.381 e. The second-order valence-electron chi connectivity index (χ2n) is 3.43. The van der Waals surface area contributed by atoms with Gasteiger partial charge in [-0.15, -0.1) is 0 Å². The highest BCUT2D eigenvalue weighted by molar-refractivity contribution is 5.40. The molecule has 0 bridgehead atoms. The summed E-state index contributed by atoms with van der Waals surface area (Å²) in [5, 5.41) is 3.08. The molecule has 0 aromatic carbocycles. The molecule has 2 rings (SSSR count). The van der Waals surface area contributed by atoms with Gasteiger partial charge in [-0.1, -0.05) is 0 Å². The maximum Gasteiger partial charge on any atom is 0.147 e. The first-order chi connectivity index (χ1) is 6.92. The normalized spacial score (nSPS) is 18.1. The van der Waals surface area contributed by atoms with E-state index < -0.39 is 0 Å². The van der Waals surface area contributed by atoms with E-state index in [-0.39, 0.29) is 0 Å². The van der Waals surface area contributed by atoms with Crippen LogP contribution in [0.5, 0.6) is 0 Å². The molecule has 1 fully saturated rings. The van der Waals surface area contributed by atoms with Crippen molar-refractivity contribution in [1.29, 1.82) is 0 Å². The SMILES string of the molecule is CNc1nccnc1C1CCOCC1. The number of rotatable bonds is 2. The highest BCUT2D eigenvalue weighted by Gasteiger charge is 2.20. The number of aromatic nitrogens is 2. The third kappa shape index (κ3) is 1.85. The second-order valence-corrected chi connectivity index (χ2v) is 3.43. The van der Waals surface area contributed by atoms with Crippen molar-refractivity contribution in [1.82, 2.24) is 9.97 Å². The summed E-state index contributed by atoms with van der Waals surface area (Å²) in [5.74, 6) is 1.40. The lowest BCUT2D eigenvalue weighted by molar-refractivity contribution is 0.0846. The molecule has 1 aromatic heterocycles. The fourth-order valence-electron chi connectivity index (χ4n) is 1.81. The summed E-state index contributed by atoms with van der Waals surface area (Å²) >= 11 is 0. The van der Waals surface area contributed by atoms with Gasteiger partial charge in [0.2, 0.25) is 0 Å². The van der Waals surface area contributed by atoms with E-state index in [1.807, 2.05) is 7.05 Å². The molecule has 0 unspecified atom stereocenters. The van der Waals surface area contributed by atoms with E-state index in [1.54, 1.807) is 12.4 Å². The molecule has 2 heterocycles. The Balaban J connectivity index is 2.20. The average Bonchev–Trinajstić information content (AvgIpc) is 2.30. The summed E-state index contributed by atoms with van der Waals surface area (Å²) < 4.78 is 5.33. The third-order valence-corrected chi connectivity index (χ3v) is 2.57. The number of nitrogens with one attached hydrogen (secondary N) is 1. The predicted octanol–water partition coefficient (Wildman–Crippen LogP) is 1.41. The summed E-state index contributed by atoms with van der Waals surface area (Å²) in [5.41, 5.74) is 1.08. The number of hydrogen-bond acceptors (Lipinski definition) is 4. The van der Waals surface area contributed by atoms with Crippen LogP contribution in [0.15, 0.2) is 12.4 Å². The van der Waals surface area contributed by atoms with Crippen LogP contribution in [0, 0.1) is 0 Å². The highest BCUT2D eigenvalue weighted by Crippen LogP contribution is 2.28. The van der Waals surface area contributed by atoms with E-state index in [1.165, 1.54) is 0 Å². The molecule has 14 heavy (non-hydrogen) atoms. The smallest absolute Gasteiger partial charge is 0.147 e. The number of ether oxygens (including phenoxy) is 1. The van der Waals surface area contributed by atoms with Gasteiger partial charge in [0.1, 0.15) is 5.82 Å². The van der Waals surface area contributed by atoms with Crippen LogP contribution >= 0.6 is 0 Å². The molecule has 4 heteroatoms. The van der Waals surface area contributed by atoms with Gasteiger partial charge < -0.3 is 10.1 Å². The lowest BCUT2D eigenvalue weighted by atomic mass is 9.96. The minimum atomic E-state index is 0.500. The van der Waals surface area contributed by atoms with Crippen molar-refractivity contribution in [3.63, 3.8) is 0 Å².